The minimum atomic E-state index is 0.412. The Hall–Kier alpha value is -1.81. The zero-order valence-electron chi connectivity index (χ0n) is 12.3. The average molecular weight is 295 g/mol. The normalized spacial score (nSPS) is 16.9. The molecule has 4 rings (SSSR count). The Morgan fingerprint density at radius 3 is 2.81 bits per heavy atom. The number of hydrogen-bond acceptors (Lipinski definition) is 4. The van der Waals surface area contributed by atoms with E-state index in [1.54, 1.807) is 12.4 Å². The second-order valence-electron chi connectivity index (χ2n) is 6.49. The van der Waals surface area contributed by atoms with Crippen molar-refractivity contribution < 1.29 is 0 Å². The van der Waals surface area contributed by atoms with Gasteiger partial charge in [0.05, 0.1) is 0 Å². The Morgan fingerprint density at radius 2 is 2.00 bits per heavy atom. The van der Waals surface area contributed by atoms with Gasteiger partial charge in [-0.1, -0.05) is 13.8 Å². The summed E-state index contributed by atoms with van der Waals surface area (Å²) >= 11 is 1.84. The van der Waals surface area contributed by atoms with Crippen LogP contribution in [0.25, 0.3) is 21.6 Å². The SMILES string of the molecule is CC1(C)CCc2c(sc3nc(-c4ccncc4)ncc23)C1. The molecule has 1 aliphatic carbocycles. The fourth-order valence-electron chi connectivity index (χ4n) is 3.02. The van der Waals surface area contributed by atoms with Crippen molar-refractivity contribution in [3.63, 3.8) is 0 Å². The maximum Gasteiger partial charge on any atom is 0.160 e. The Balaban J connectivity index is 1.83. The predicted molar refractivity (Wildman–Crippen MR) is 86.5 cm³/mol. The van der Waals surface area contributed by atoms with Gasteiger partial charge < -0.3 is 0 Å². The van der Waals surface area contributed by atoms with E-state index in [0.29, 0.717) is 5.41 Å². The number of hydrogen-bond donors (Lipinski definition) is 0. The van der Waals surface area contributed by atoms with Gasteiger partial charge in [0, 0.05) is 34.4 Å². The van der Waals surface area contributed by atoms with E-state index < -0.39 is 0 Å². The Kier molecular flexibility index (Phi) is 2.82. The Bertz CT molecular complexity index is 806. The van der Waals surface area contributed by atoms with E-state index in [9.17, 15) is 0 Å². The van der Waals surface area contributed by atoms with Gasteiger partial charge in [-0.2, -0.15) is 0 Å². The number of rotatable bonds is 1. The third-order valence-corrected chi connectivity index (χ3v) is 5.41. The standard InChI is InChI=1S/C17H17N3S/c1-17(2)6-3-12-13-10-19-15(11-4-7-18-8-5-11)20-16(13)21-14(12)9-17/h4-5,7-8,10H,3,6,9H2,1-2H3. The molecule has 3 aromatic rings. The monoisotopic (exact) mass is 295 g/mol. The van der Waals surface area contributed by atoms with Crippen LogP contribution in [0.15, 0.2) is 30.7 Å². The van der Waals surface area contributed by atoms with Gasteiger partial charge in [0.2, 0.25) is 0 Å². The molecule has 3 heterocycles. The highest BCUT2D eigenvalue weighted by molar-refractivity contribution is 7.18. The number of aryl methyl sites for hydroxylation is 1. The van der Waals surface area contributed by atoms with Crippen molar-refractivity contribution in [2.45, 2.75) is 33.1 Å². The summed E-state index contributed by atoms with van der Waals surface area (Å²) in [5.74, 6) is 0.794. The van der Waals surface area contributed by atoms with Gasteiger partial charge in [0.1, 0.15) is 4.83 Å². The zero-order valence-corrected chi connectivity index (χ0v) is 13.1. The summed E-state index contributed by atoms with van der Waals surface area (Å²) < 4.78 is 0. The van der Waals surface area contributed by atoms with Crippen LogP contribution in [0.3, 0.4) is 0 Å². The fraction of sp³-hybridized carbons (Fsp3) is 0.353. The molecule has 0 unspecified atom stereocenters. The molecule has 0 amide bonds. The lowest BCUT2D eigenvalue weighted by molar-refractivity contribution is 0.320. The molecule has 21 heavy (non-hydrogen) atoms. The number of aromatic nitrogens is 3. The van der Waals surface area contributed by atoms with E-state index in [2.05, 4.69) is 23.8 Å². The summed E-state index contributed by atoms with van der Waals surface area (Å²) in [5, 5.41) is 1.25. The van der Waals surface area contributed by atoms with E-state index in [1.807, 2.05) is 29.7 Å². The quantitative estimate of drug-likeness (QED) is 0.673. The van der Waals surface area contributed by atoms with Gasteiger partial charge in [-0.25, -0.2) is 9.97 Å². The minimum absolute atomic E-state index is 0.412. The van der Waals surface area contributed by atoms with Crippen LogP contribution in [0.2, 0.25) is 0 Å². The molecular weight excluding hydrogens is 278 g/mol. The lowest BCUT2D eigenvalue weighted by atomic mass is 9.77. The van der Waals surface area contributed by atoms with Crippen molar-refractivity contribution >= 4 is 21.6 Å². The van der Waals surface area contributed by atoms with Gasteiger partial charge in [0.25, 0.3) is 0 Å². The van der Waals surface area contributed by atoms with Crippen LogP contribution < -0.4 is 0 Å². The molecule has 0 N–H and O–H groups in total. The molecule has 3 nitrogen and oxygen atoms in total. The molecule has 3 aromatic heterocycles. The highest BCUT2D eigenvalue weighted by Crippen LogP contribution is 2.42. The predicted octanol–water partition coefficient (Wildman–Crippen LogP) is 4.27. The summed E-state index contributed by atoms with van der Waals surface area (Å²) in [6, 6.07) is 3.91. The maximum atomic E-state index is 4.78. The molecule has 0 fully saturated rings. The third kappa shape index (κ3) is 2.23. The molecule has 4 heteroatoms. The number of thiophene rings is 1. The molecule has 0 saturated heterocycles. The Morgan fingerprint density at radius 1 is 1.19 bits per heavy atom. The number of fused-ring (bicyclic) bond motifs is 3. The molecule has 0 atom stereocenters. The number of pyridine rings is 1. The second-order valence-corrected chi connectivity index (χ2v) is 7.58. The van der Waals surface area contributed by atoms with Crippen LogP contribution in [0, 0.1) is 5.41 Å². The van der Waals surface area contributed by atoms with Crippen LogP contribution in [0.5, 0.6) is 0 Å². The molecule has 0 saturated carbocycles. The van der Waals surface area contributed by atoms with E-state index in [1.165, 1.54) is 22.2 Å². The molecule has 0 aromatic carbocycles. The van der Waals surface area contributed by atoms with Crippen LogP contribution >= 0.6 is 11.3 Å². The van der Waals surface area contributed by atoms with Gasteiger partial charge in [0.15, 0.2) is 5.82 Å². The molecule has 0 radical (unpaired) electrons. The average Bonchev–Trinajstić information content (AvgIpc) is 2.83. The molecule has 106 valence electrons. The van der Waals surface area contributed by atoms with Crippen molar-refractivity contribution in [2.24, 2.45) is 5.41 Å². The summed E-state index contributed by atoms with van der Waals surface area (Å²) in [4.78, 5) is 16.0. The van der Waals surface area contributed by atoms with Crippen LogP contribution in [0.1, 0.15) is 30.7 Å². The lowest BCUT2D eigenvalue weighted by Crippen LogP contribution is -2.20. The van der Waals surface area contributed by atoms with Crippen LogP contribution in [0.4, 0.5) is 0 Å². The maximum absolute atomic E-state index is 4.78. The second kappa shape index (κ2) is 4.60. The topological polar surface area (TPSA) is 38.7 Å². The highest BCUT2D eigenvalue weighted by atomic mass is 32.1. The zero-order chi connectivity index (χ0) is 14.4. The summed E-state index contributed by atoms with van der Waals surface area (Å²) in [6.45, 7) is 4.71. The molecular formula is C17H17N3S. The van der Waals surface area contributed by atoms with Crippen LogP contribution in [-0.4, -0.2) is 15.0 Å². The minimum Gasteiger partial charge on any atom is -0.265 e. The van der Waals surface area contributed by atoms with Gasteiger partial charge in [-0.05, 0) is 42.4 Å². The summed E-state index contributed by atoms with van der Waals surface area (Å²) in [5.41, 5.74) is 2.92. The van der Waals surface area contributed by atoms with Gasteiger partial charge >= 0.3 is 0 Å². The first-order valence-corrected chi connectivity index (χ1v) is 8.12. The first-order valence-electron chi connectivity index (χ1n) is 7.30. The van der Waals surface area contributed by atoms with Crippen LogP contribution in [-0.2, 0) is 12.8 Å². The van der Waals surface area contributed by atoms with Gasteiger partial charge in [-0.15, -0.1) is 11.3 Å². The van der Waals surface area contributed by atoms with Gasteiger partial charge in [-0.3, -0.25) is 4.98 Å². The van der Waals surface area contributed by atoms with Crippen molar-refractivity contribution in [3.8, 4) is 11.4 Å². The molecule has 1 aliphatic rings. The van der Waals surface area contributed by atoms with E-state index in [4.69, 9.17) is 4.98 Å². The first-order chi connectivity index (χ1) is 10.1. The fourth-order valence-corrected chi connectivity index (χ4v) is 4.47. The Labute approximate surface area is 128 Å². The largest absolute Gasteiger partial charge is 0.265 e. The smallest absolute Gasteiger partial charge is 0.160 e. The van der Waals surface area contributed by atoms with Crippen molar-refractivity contribution in [3.05, 3.63) is 41.2 Å². The van der Waals surface area contributed by atoms with Crippen molar-refractivity contribution in [1.82, 2.24) is 15.0 Å². The van der Waals surface area contributed by atoms with E-state index in [0.717, 1.165) is 29.1 Å². The van der Waals surface area contributed by atoms with Crippen molar-refractivity contribution in [1.29, 1.82) is 0 Å². The molecule has 0 aliphatic heterocycles. The van der Waals surface area contributed by atoms with Crippen molar-refractivity contribution in [2.75, 3.05) is 0 Å². The summed E-state index contributed by atoms with van der Waals surface area (Å²) in [7, 11) is 0. The number of nitrogens with zero attached hydrogens (tertiary/aromatic N) is 3. The molecule has 0 bridgehead atoms. The highest BCUT2D eigenvalue weighted by Gasteiger charge is 2.28. The summed E-state index contributed by atoms with van der Waals surface area (Å²) in [6.07, 6.45) is 9.13. The van der Waals surface area contributed by atoms with E-state index in [-0.39, 0.29) is 0 Å². The third-order valence-electron chi connectivity index (χ3n) is 4.26. The lowest BCUT2D eigenvalue weighted by Gasteiger charge is -2.29. The molecule has 0 spiro atoms. The first kappa shape index (κ1) is 12.9. The van der Waals surface area contributed by atoms with E-state index >= 15 is 0 Å².